The Morgan fingerprint density at radius 2 is 1.82 bits per heavy atom. The van der Waals surface area contributed by atoms with E-state index in [1.165, 1.54) is 12.1 Å². The van der Waals surface area contributed by atoms with Crippen LogP contribution >= 0.6 is 15.9 Å². The Hall–Kier alpha value is -0.480. The summed E-state index contributed by atoms with van der Waals surface area (Å²) in [6, 6.07) is 2.31. The zero-order valence-corrected chi connectivity index (χ0v) is 11.9. The van der Waals surface area contributed by atoms with Gasteiger partial charge in [0, 0.05) is 11.6 Å². The van der Waals surface area contributed by atoms with E-state index in [1.807, 2.05) is 0 Å². The van der Waals surface area contributed by atoms with Crippen LogP contribution in [0, 0.1) is 17.6 Å². The summed E-state index contributed by atoms with van der Waals surface area (Å²) in [5, 5.41) is 3.04. The van der Waals surface area contributed by atoms with Crippen LogP contribution < -0.4 is 5.32 Å². The third-order valence-electron chi connectivity index (χ3n) is 2.80. The summed E-state index contributed by atoms with van der Waals surface area (Å²) in [5.41, 5.74) is 0.397. The molecule has 0 aliphatic rings. The first-order valence-electron chi connectivity index (χ1n) is 5.77. The second-order valence-corrected chi connectivity index (χ2v) is 5.45. The Balaban J connectivity index is 2.91. The first-order chi connectivity index (χ1) is 7.95. The van der Waals surface area contributed by atoms with Crippen LogP contribution in [0.15, 0.2) is 16.6 Å². The molecule has 0 spiro atoms. The summed E-state index contributed by atoms with van der Waals surface area (Å²) in [4.78, 5) is 0. The number of hydrogen-bond acceptors (Lipinski definition) is 1. The molecule has 1 aromatic rings. The normalized spacial score (nSPS) is 13.1. The quantitative estimate of drug-likeness (QED) is 0.794. The van der Waals surface area contributed by atoms with E-state index in [9.17, 15) is 8.78 Å². The van der Waals surface area contributed by atoms with Crippen LogP contribution in [0.5, 0.6) is 0 Å². The van der Waals surface area contributed by atoms with E-state index >= 15 is 0 Å². The van der Waals surface area contributed by atoms with Gasteiger partial charge in [-0.1, -0.05) is 13.8 Å². The standard InChI is InChI=1S/C13H18BrF2N/c1-8(2)4-5-13(17-3)9-6-12(16)10(14)7-11(9)15/h6-8,13,17H,4-5H2,1-3H3. The molecule has 0 saturated carbocycles. The molecule has 4 heteroatoms. The molecule has 1 atom stereocenters. The van der Waals surface area contributed by atoms with Crippen LogP contribution in [0.4, 0.5) is 8.78 Å². The highest BCUT2D eigenvalue weighted by molar-refractivity contribution is 9.10. The lowest BCUT2D eigenvalue weighted by atomic mass is 9.97. The molecule has 1 rings (SSSR count). The van der Waals surface area contributed by atoms with Crippen molar-refractivity contribution in [1.82, 2.24) is 5.32 Å². The molecular formula is C13H18BrF2N. The maximum Gasteiger partial charge on any atom is 0.137 e. The molecule has 0 heterocycles. The van der Waals surface area contributed by atoms with Gasteiger partial charge in [0.25, 0.3) is 0 Å². The fraction of sp³-hybridized carbons (Fsp3) is 0.538. The minimum atomic E-state index is -0.425. The highest BCUT2D eigenvalue weighted by atomic mass is 79.9. The Labute approximate surface area is 110 Å². The van der Waals surface area contributed by atoms with Crippen molar-refractivity contribution >= 4 is 15.9 Å². The van der Waals surface area contributed by atoms with Crippen LogP contribution in [0.2, 0.25) is 0 Å². The highest BCUT2D eigenvalue weighted by Gasteiger charge is 2.17. The smallest absolute Gasteiger partial charge is 0.137 e. The van der Waals surface area contributed by atoms with Gasteiger partial charge in [0.05, 0.1) is 4.47 Å². The van der Waals surface area contributed by atoms with Crippen LogP contribution in [0.25, 0.3) is 0 Å². The van der Waals surface area contributed by atoms with Crippen LogP contribution in [-0.4, -0.2) is 7.05 Å². The lowest BCUT2D eigenvalue weighted by Gasteiger charge is -2.18. The van der Waals surface area contributed by atoms with E-state index in [-0.39, 0.29) is 16.3 Å². The van der Waals surface area contributed by atoms with Crippen molar-refractivity contribution < 1.29 is 8.78 Å². The minimum Gasteiger partial charge on any atom is -0.313 e. The van der Waals surface area contributed by atoms with Crippen LogP contribution in [0.1, 0.15) is 38.3 Å². The summed E-state index contributed by atoms with van der Waals surface area (Å²) in [7, 11) is 1.77. The molecule has 0 amide bonds. The Morgan fingerprint density at radius 3 is 2.35 bits per heavy atom. The maximum atomic E-state index is 13.8. The lowest BCUT2D eigenvalue weighted by molar-refractivity contribution is 0.446. The molecule has 0 saturated heterocycles. The van der Waals surface area contributed by atoms with Crippen molar-refractivity contribution in [1.29, 1.82) is 0 Å². The number of benzene rings is 1. The largest absolute Gasteiger partial charge is 0.313 e. The highest BCUT2D eigenvalue weighted by Crippen LogP contribution is 2.27. The number of rotatable bonds is 5. The Morgan fingerprint density at radius 1 is 1.18 bits per heavy atom. The number of hydrogen-bond donors (Lipinski definition) is 1. The molecule has 0 aliphatic heterocycles. The summed E-state index contributed by atoms with van der Waals surface area (Å²) >= 11 is 2.98. The van der Waals surface area contributed by atoms with Crippen molar-refractivity contribution in [2.24, 2.45) is 5.92 Å². The van der Waals surface area contributed by atoms with Crippen molar-refractivity contribution in [3.63, 3.8) is 0 Å². The van der Waals surface area contributed by atoms with Gasteiger partial charge in [0.1, 0.15) is 11.6 Å². The first-order valence-corrected chi connectivity index (χ1v) is 6.56. The summed E-state index contributed by atoms with van der Waals surface area (Å²) < 4.78 is 27.3. The first kappa shape index (κ1) is 14.6. The van der Waals surface area contributed by atoms with Gasteiger partial charge >= 0.3 is 0 Å². The van der Waals surface area contributed by atoms with Gasteiger partial charge in [-0.15, -0.1) is 0 Å². The van der Waals surface area contributed by atoms with E-state index in [0.717, 1.165) is 12.8 Å². The molecular weight excluding hydrogens is 288 g/mol. The summed E-state index contributed by atoms with van der Waals surface area (Å²) in [6.07, 6.45) is 1.77. The second kappa shape index (κ2) is 6.45. The Bertz CT molecular complexity index is 380. The second-order valence-electron chi connectivity index (χ2n) is 4.60. The molecule has 1 unspecified atom stereocenters. The fourth-order valence-corrected chi connectivity index (χ4v) is 2.08. The Kier molecular flexibility index (Phi) is 5.53. The molecule has 0 bridgehead atoms. The topological polar surface area (TPSA) is 12.0 Å². The predicted octanol–water partition coefficient (Wildman–Crippen LogP) is 4.42. The molecule has 1 nitrogen and oxygen atoms in total. The van der Waals surface area contributed by atoms with E-state index in [0.29, 0.717) is 11.5 Å². The SMILES string of the molecule is CNC(CCC(C)C)c1cc(F)c(Br)cc1F. The molecule has 0 radical (unpaired) electrons. The number of nitrogens with one attached hydrogen (secondary N) is 1. The molecule has 0 aromatic heterocycles. The van der Waals surface area contributed by atoms with Gasteiger partial charge < -0.3 is 5.32 Å². The van der Waals surface area contributed by atoms with Gasteiger partial charge in [-0.2, -0.15) is 0 Å². The average molecular weight is 306 g/mol. The van der Waals surface area contributed by atoms with Gasteiger partial charge in [0.15, 0.2) is 0 Å². The molecule has 0 fully saturated rings. The lowest BCUT2D eigenvalue weighted by Crippen LogP contribution is -2.18. The average Bonchev–Trinajstić information content (AvgIpc) is 2.25. The van der Waals surface area contributed by atoms with Crippen LogP contribution in [-0.2, 0) is 0 Å². The maximum absolute atomic E-state index is 13.8. The van der Waals surface area contributed by atoms with Crippen molar-refractivity contribution in [2.45, 2.75) is 32.7 Å². The molecule has 96 valence electrons. The monoisotopic (exact) mass is 305 g/mol. The van der Waals surface area contributed by atoms with E-state index in [1.54, 1.807) is 7.05 Å². The summed E-state index contributed by atoms with van der Waals surface area (Å²) in [6.45, 7) is 4.23. The van der Waals surface area contributed by atoms with E-state index in [4.69, 9.17) is 0 Å². The molecule has 1 aromatic carbocycles. The van der Waals surface area contributed by atoms with Crippen molar-refractivity contribution in [3.8, 4) is 0 Å². The number of halogens is 3. The minimum absolute atomic E-state index is 0.139. The fourth-order valence-electron chi connectivity index (χ4n) is 1.76. The zero-order valence-electron chi connectivity index (χ0n) is 10.4. The van der Waals surface area contributed by atoms with Gasteiger partial charge in [-0.25, -0.2) is 8.78 Å². The predicted molar refractivity (Wildman–Crippen MR) is 69.9 cm³/mol. The summed E-state index contributed by atoms with van der Waals surface area (Å²) in [5.74, 6) is -0.248. The molecule has 17 heavy (non-hydrogen) atoms. The van der Waals surface area contributed by atoms with Crippen LogP contribution in [0.3, 0.4) is 0 Å². The molecule has 0 aliphatic carbocycles. The van der Waals surface area contributed by atoms with Gasteiger partial charge in [-0.3, -0.25) is 0 Å². The van der Waals surface area contributed by atoms with Crippen molar-refractivity contribution in [2.75, 3.05) is 7.05 Å². The van der Waals surface area contributed by atoms with Gasteiger partial charge in [0.2, 0.25) is 0 Å². The zero-order chi connectivity index (χ0) is 13.0. The molecule has 1 N–H and O–H groups in total. The van der Waals surface area contributed by atoms with Gasteiger partial charge in [-0.05, 0) is 53.9 Å². The third-order valence-corrected chi connectivity index (χ3v) is 3.40. The van der Waals surface area contributed by atoms with E-state index in [2.05, 4.69) is 35.1 Å². The van der Waals surface area contributed by atoms with Crippen molar-refractivity contribution in [3.05, 3.63) is 33.8 Å². The third kappa shape index (κ3) is 4.03. The van der Waals surface area contributed by atoms with E-state index < -0.39 is 5.82 Å².